The molecule has 0 amide bonds. The number of hydrogen-bond acceptors (Lipinski definition) is 7. The lowest BCUT2D eigenvalue weighted by atomic mass is 10.1. The Morgan fingerprint density at radius 1 is 0.161 bits per heavy atom. The fraction of sp³-hybridized carbons (Fsp3) is 0.119. The number of hydrogen-bond donors (Lipinski definition) is 0. The lowest BCUT2D eigenvalue weighted by molar-refractivity contribution is 0.654. The van der Waals surface area contributed by atoms with E-state index in [1.165, 1.54) is 175 Å². The van der Waals surface area contributed by atoms with Gasteiger partial charge in [-0.15, -0.1) is 45.3 Å². The van der Waals surface area contributed by atoms with Crippen molar-refractivity contribution in [2.75, 3.05) is 0 Å². The normalized spacial score (nSPS) is 11.2. The molecule has 9 heterocycles. The van der Waals surface area contributed by atoms with E-state index in [9.17, 15) is 0 Å². The zero-order valence-electron chi connectivity index (χ0n) is 86.8. The summed E-state index contributed by atoms with van der Waals surface area (Å²) in [5.41, 5.74) is 39.2. The van der Waals surface area contributed by atoms with E-state index in [-0.39, 0.29) is 0 Å². The molecule has 0 saturated heterocycles. The Morgan fingerprint density at radius 3 is 0.738 bits per heavy atom. The minimum atomic E-state index is 0.861. The van der Waals surface area contributed by atoms with Crippen LogP contribution in [0.1, 0.15) is 99.9 Å². The average Bonchev–Trinajstić information content (AvgIpc) is 1.53. The van der Waals surface area contributed by atoms with Gasteiger partial charge < -0.3 is 45.4 Å². The van der Waals surface area contributed by atoms with Gasteiger partial charge in [0.15, 0.2) is 22.3 Å². The second-order valence-corrected chi connectivity index (χ2v) is 41.8. The zero-order chi connectivity index (χ0) is 103. The highest BCUT2D eigenvalue weighted by Crippen LogP contribution is 2.50. The summed E-state index contributed by atoms with van der Waals surface area (Å²) in [5, 5.41) is 5.33. The molecule has 15 heteroatoms. The molecule has 19 aromatic carbocycles. The Kier molecular flexibility index (Phi) is 28.5. The number of para-hydroxylation sites is 10. The molecule has 10 nitrogen and oxygen atoms in total. The van der Waals surface area contributed by atoms with Gasteiger partial charge in [0.05, 0.1) is 115 Å². The minimum absolute atomic E-state index is 0.861. The first kappa shape index (κ1) is 98.8. The Labute approximate surface area is 888 Å². The molecule has 736 valence electrons. The monoisotopic (exact) mass is 2030 g/mol. The van der Waals surface area contributed by atoms with E-state index in [0.717, 1.165) is 82.9 Å². The van der Waals surface area contributed by atoms with Crippen molar-refractivity contribution in [2.45, 2.75) is 111 Å². The van der Waals surface area contributed by atoms with Crippen molar-refractivity contribution < 1.29 is 8.83 Å². The van der Waals surface area contributed by atoms with Gasteiger partial charge in [0.1, 0.15) is 9.66 Å². The molecule has 0 spiro atoms. The van der Waals surface area contributed by atoms with E-state index in [0.29, 0.717) is 0 Å². The van der Waals surface area contributed by atoms with Crippen molar-refractivity contribution in [3.05, 3.63) is 469 Å². The SMILES string of the molecule is CC.CC.CC.CC.Cc1ccc(-n2c3ccccc3c3c4c5ccccc5n(-c5ccc(C)cc5)c4sc32)cc1.Cc1ccc(-n2c3ccccc3oc3c4sc5ccccc5n(-c5ccc(C)cc5)c4ccc32)cc1.Cc1ccc(-n2c3ccccc3oc3cc4sc5ccccc5n(-c5ccc(C)cc5)c4cc32)cc1.Cc1ccc(-n2c3ccccc3sc3c4sc5ccccc5n(-c5ccc(C)cc5)c4ccc32)cc1. The largest absolute Gasteiger partial charge is 0.453 e. The van der Waals surface area contributed by atoms with Crippen LogP contribution in [0.2, 0.25) is 0 Å². The maximum absolute atomic E-state index is 6.68. The maximum atomic E-state index is 6.68. The minimum Gasteiger partial charge on any atom is -0.453 e. The van der Waals surface area contributed by atoms with Gasteiger partial charge in [0.2, 0.25) is 0 Å². The topological polar surface area (TPSA) is 65.7 Å². The molecule has 0 aliphatic heterocycles. The highest BCUT2D eigenvalue weighted by molar-refractivity contribution is 7.32. The molecule has 28 aromatic rings. The Hall–Kier alpha value is -16.2. The molecule has 0 aliphatic carbocycles. The number of fused-ring (bicyclic) bond motifs is 21. The zero-order valence-corrected chi connectivity index (χ0v) is 90.9. The number of nitrogens with zero attached hydrogens (tertiary/aromatic N) is 8. The van der Waals surface area contributed by atoms with E-state index in [1.54, 1.807) is 22.7 Å². The Morgan fingerprint density at radius 2 is 0.403 bits per heavy atom. The number of aryl methyl sites for hydroxylation is 8. The average molecular weight is 2030 g/mol. The molecule has 0 bridgehead atoms. The first-order valence-corrected chi connectivity index (χ1v) is 55.7. The highest BCUT2D eigenvalue weighted by Gasteiger charge is 2.26. The van der Waals surface area contributed by atoms with E-state index < -0.39 is 0 Å². The molecular formula is C134H118N8O2S5. The smallest absolute Gasteiger partial charge is 0.170 e. The summed E-state index contributed by atoms with van der Waals surface area (Å²) in [7, 11) is 0. The predicted molar refractivity (Wildman–Crippen MR) is 651 cm³/mol. The number of thiophene rings is 1. The van der Waals surface area contributed by atoms with Gasteiger partial charge >= 0.3 is 0 Å². The van der Waals surface area contributed by atoms with Crippen LogP contribution in [0.3, 0.4) is 0 Å². The summed E-state index contributed by atoms with van der Waals surface area (Å²) in [6, 6.07) is 153. The van der Waals surface area contributed by atoms with Gasteiger partial charge in [-0.1, -0.05) is 317 Å². The molecule has 0 saturated carbocycles. The van der Waals surface area contributed by atoms with Crippen LogP contribution in [0, 0.1) is 55.4 Å². The van der Waals surface area contributed by atoms with E-state index in [2.05, 4.69) is 498 Å². The van der Waals surface area contributed by atoms with E-state index >= 15 is 0 Å². The van der Waals surface area contributed by atoms with Gasteiger partial charge in [-0.25, -0.2) is 0 Å². The van der Waals surface area contributed by atoms with Crippen LogP contribution < -0.4 is 0 Å². The molecule has 28 rings (SSSR count). The van der Waals surface area contributed by atoms with Crippen LogP contribution in [0.15, 0.2) is 433 Å². The number of aromatic nitrogens is 8. The van der Waals surface area contributed by atoms with Crippen molar-refractivity contribution in [2.24, 2.45) is 0 Å². The third-order valence-corrected chi connectivity index (χ3v) is 32.9. The van der Waals surface area contributed by atoms with Gasteiger partial charge in [-0.05, 0) is 268 Å². The van der Waals surface area contributed by atoms with Gasteiger partial charge in [-0.2, -0.15) is 0 Å². The quantitative estimate of drug-likeness (QED) is 0.112. The summed E-state index contributed by atoms with van der Waals surface area (Å²) < 4.78 is 42.1. The third-order valence-electron chi connectivity index (χ3n) is 27.0. The molecule has 0 unspecified atom stereocenters. The maximum Gasteiger partial charge on any atom is 0.170 e. The summed E-state index contributed by atoms with van der Waals surface area (Å²) in [6.07, 6.45) is 0. The fourth-order valence-corrected chi connectivity index (χ4v) is 26.0. The highest BCUT2D eigenvalue weighted by atomic mass is 32.1. The molecule has 0 N–H and O–H groups in total. The van der Waals surface area contributed by atoms with Crippen molar-refractivity contribution in [1.82, 2.24) is 36.5 Å². The summed E-state index contributed by atoms with van der Waals surface area (Å²) in [5.74, 6) is 0. The van der Waals surface area contributed by atoms with E-state index in [4.69, 9.17) is 8.83 Å². The fourth-order valence-electron chi connectivity index (χ4n) is 20.0. The first-order chi connectivity index (χ1) is 73.2. The summed E-state index contributed by atoms with van der Waals surface area (Å²) in [6.45, 7) is 33.1. The second-order valence-electron chi connectivity index (χ2n) is 36.6. The van der Waals surface area contributed by atoms with Gasteiger partial charge in [0.25, 0.3) is 0 Å². The molecule has 0 atom stereocenters. The van der Waals surface area contributed by atoms with Crippen LogP contribution in [0.5, 0.6) is 0 Å². The standard InChI is InChI=1S/2C32H24N2OS.C32H24N2S2.C30H22N2S.4C2H6/c1-21-11-15-23(16-12-21)33-25-7-3-5-9-29(25)35-30-20-32-28(19-27(30)33)34(24-17-13-22(2)14-18-24)26-8-4-6-10-31(26)36-32;2*1-21-11-15-23(16-12-21)33-25-7-3-5-9-29(25)35-31-27(33)19-20-28-32(31)36-30-10-6-4-8-26(30)34(28)24-17-13-22(2)14-18-24;1-19-11-15-21(16-12-19)31-25-9-5-3-7-23(25)27-28-24-8-4-6-10-26(24)32(30(28)33-29(27)31)22-17-13-20(2)14-18-22;4*1-2/h3*3-20H,1-2H3;3-18H,1-2H3;4*1-2H3. The van der Waals surface area contributed by atoms with Crippen LogP contribution in [0.25, 0.3) is 214 Å². The Balaban J connectivity index is 0.000000114. The van der Waals surface area contributed by atoms with Crippen LogP contribution in [-0.2, 0) is 0 Å². The third kappa shape index (κ3) is 18.6. The van der Waals surface area contributed by atoms with Gasteiger partial charge in [0, 0.05) is 73.1 Å². The number of rotatable bonds is 8. The summed E-state index contributed by atoms with van der Waals surface area (Å²) in [4.78, 5) is 2.60. The van der Waals surface area contributed by atoms with E-state index in [1.807, 2.05) is 108 Å². The molecule has 9 aromatic heterocycles. The molecule has 0 fully saturated rings. The molecule has 0 aliphatic rings. The molecular weight excluding hydrogens is 1910 g/mol. The predicted octanol–water partition coefficient (Wildman–Crippen LogP) is 41.0. The van der Waals surface area contributed by atoms with Crippen molar-refractivity contribution in [1.29, 1.82) is 0 Å². The Bertz CT molecular complexity index is 9080. The van der Waals surface area contributed by atoms with Gasteiger partial charge in [-0.3, -0.25) is 0 Å². The lowest BCUT2D eigenvalue weighted by Gasteiger charge is -2.19. The number of benzene rings is 19. The van der Waals surface area contributed by atoms with Crippen molar-refractivity contribution in [3.63, 3.8) is 0 Å². The molecule has 0 radical (unpaired) electrons. The first-order valence-electron chi connectivity index (χ1n) is 51.6. The van der Waals surface area contributed by atoms with Crippen LogP contribution in [0.4, 0.5) is 0 Å². The van der Waals surface area contributed by atoms with Crippen LogP contribution in [-0.4, -0.2) is 36.5 Å². The van der Waals surface area contributed by atoms with Crippen LogP contribution >= 0.6 is 56.7 Å². The summed E-state index contributed by atoms with van der Waals surface area (Å²) >= 11 is 9.23. The van der Waals surface area contributed by atoms with Crippen molar-refractivity contribution in [3.8, 4) is 45.5 Å². The van der Waals surface area contributed by atoms with Crippen molar-refractivity contribution >= 4 is 225 Å². The lowest BCUT2D eigenvalue weighted by Crippen LogP contribution is -2.03. The molecule has 149 heavy (non-hydrogen) atoms. The second kappa shape index (κ2) is 43.1.